The molecule has 0 bridgehead atoms. The van der Waals surface area contributed by atoms with Crippen molar-refractivity contribution in [3.8, 4) is 5.69 Å². The van der Waals surface area contributed by atoms with Gasteiger partial charge in [-0.2, -0.15) is 5.10 Å². The van der Waals surface area contributed by atoms with Crippen molar-refractivity contribution >= 4 is 27.3 Å². The van der Waals surface area contributed by atoms with Gasteiger partial charge in [0.05, 0.1) is 16.4 Å². The van der Waals surface area contributed by atoms with E-state index in [2.05, 4.69) is 14.9 Å². The van der Waals surface area contributed by atoms with Crippen LogP contribution >= 0.6 is 11.6 Å². The number of aromatic amines is 1. The number of sulfonamides is 1. The Balaban J connectivity index is 1.96. The minimum absolute atomic E-state index is 0.209. The summed E-state index contributed by atoms with van der Waals surface area (Å²) in [5, 5.41) is 5.61. The Labute approximate surface area is 140 Å². The second-order valence-corrected chi connectivity index (χ2v) is 6.82. The van der Waals surface area contributed by atoms with Gasteiger partial charge in [0.25, 0.3) is 10.0 Å². The Kier molecular flexibility index (Phi) is 4.12. The molecule has 0 unspecified atom stereocenters. The third-order valence-electron chi connectivity index (χ3n) is 3.11. The van der Waals surface area contributed by atoms with Gasteiger partial charge in [-0.3, -0.25) is 4.72 Å². The molecule has 10 heteroatoms. The normalized spacial score (nSPS) is 11.4. The Hall–Kier alpha value is -2.65. The summed E-state index contributed by atoms with van der Waals surface area (Å²) in [6.45, 7) is 0. The van der Waals surface area contributed by atoms with Crippen molar-refractivity contribution in [2.75, 3.05) is 4.72 Å². The van der Waals surface area contributed by atoms with Gasteiger partial charge in [-0.1, -0.05) is 17.7 Å². The number of anilines is 1. The summed E-state index contributed by atoms with van der Waals surface area (Å²) in [5.74, 6) is -0.639. The molecule has 124 valence electrons. The van der Waals surface area contributed by atoms with Crippen molar-refractivity contribution in [1.82, 2.24) is 14.8 Å². The third kappa shape index (κ3) is 3.17. The zero-order valence-electron chi connectivity index (χ0n) is 11.9. The van der Waals surface area contributed by atoms with Crippen LogP contribution in [0, 0.1) is 5.82 Å². The number of hydrogen-bond donors (Lipinski definition) is 2. The Morgan fingerprint density at radius 3 is 2.67 bits per heavy atom. The molecule has 1 heterocycles. The van der Waals surface area contributed by atoms with Crippen LogP contribution in [0.1, 0.15) is 0 Å². The van der Waals surface area contributed by atoms with Crippen LogP contribution in [0.3, 0.4) is 0 Å². The maximum atomic E-state index is 13.1. The van der Waals surface area contributed by atoms with Gasteiger partial charge in [0.2, 0.25) is 0 Å². The zero-order valence-corrected chi connectivity index (χ0v) is 13.5. The fourth-order valence-electron chi connectivity index (χ4n) is 2.05. The average Bonchev–Trinajstić information content (AvgIpc) is 2.92. The molecule has 0 atom stereocenters. The lowest BCUT2D eigenvalue weighted by Gasteiger charge is -2.10. The van der Waals surface area contributed by atoms with Gasteiger partial charge in [-0.15, -0.1) is 0 Å². The molecular weight excluding hydrogens is 359 g/mol. The van der Waals surface area contributed by atoms with Gasteiger partial charge in [-0.25, -0.2) is 27.3 Å². The van der Waals surface area contributed by atoms with Crippen LogP contribution in [-0.4, -0.2) is 23.2 Å². The molecule has 0 fully saturated rings. The van der Waals surface area contributed by atoms with Crippen LogP contribution in [0.5, 0.6) is 0 Å². The van der Waals surface area contributed by atoms with Crippen LogP contribution < -0.4 is 10.4 Å². The highest BCUT2D eigenvalue weighted by Crippen LogP contribution is 2.25. The fraction of sp³-hybridized carbons (Fsp3) is 0. The number of hydrogen-bond acceptors (Lipinski definition) is 4. The first-order valence-electron chi connectivity index (χ1n) is 6.57. The standard InChI is InChI=1S/C14H10ClFN4O3S/c15-12-6-9(16)4-5-13(12)24(22,23)19-10-2-1-3-11(7-10)20-8-17-18-14(20)21/h1-8,19H,(H,18,21). The minimum atomic E-state index is -4.02. The fourth-order valence-corrected chi connectivity index (χ4v) is 3.64. The third-order valence-corrected chi connectivity index (χ3v) is 4.98. The summed E-state index contributed by atoms with van der Waals surface area (Å²) >= 11 is 5.80. The second-order valence-electron chi connectivity index (χ2n) is 4.76. The summed E-state index contributed by atoms with van der Waals surface area (Å²) in [6, 6.07) is 9.12. The summed E-state index contributed by atoms with van der Waals surface area (Å²) < 4.78 is 41.4. The Bertz CT molecular complexity index is 1060. The van der Waals surface area contributed by atoms with Crippen molar-refractivity contribution in [3.63, 3.8) is 0 Å². The van der Waals surface area contributed by atoms with Gasteiger partial charge in [0, 0.05) is 0 Å². The number of benzene rings is 2. The number of H-pyrrole nitrogens is 1. The van der Waals surface area contributed by atoms with Crippen molar-refractivity contribution in [3.05, 3.63) is 70.1 Å². The Morgan fingerprint density at radius 2 is 2.00 bits per heavy atom. The van der Waals surface area contributed by atoms with Gasteiger partial charge in [0.15, 0.2) is 0 Å². The van der Waals surface area contributed by atoms with Crippen LogP contribution in [-0.2, 0) is 10.0 Å². The molecule has 0 spiro atoms. The SMILES string of the molecule is O=c1[nH]ncn1-c1cccc(NS(=O)(=O)c2ccc(F)cc2Cl)c1. The summed E-state index contributed by atoms with van der Waals surface area (Å²) in [7, 11) is -4.02. The van der Waals surface area contributed by atoms with Gasteiger partial charge < -0.3 is 0 Å². The topological polar surface area (TPSA) is 96.8 Å². The van der Waals surface area contributed by atoms with E-state index >= 15 is 0 Å². The van der Waals surface area contributed by atoms with Crippen LogP contribution in [0.25, 0.3) is 5.69 Å². The molecule has 0 aliphatic carbocycles. The molecule has 0 radical (unpaired) electrons. The van der Waals surface area contributed by atoms with Crippen molar-refractivity contribution in [1.29, 1.82) is 0 Å². The molecule has 0 aliphatic rings. The first-order chi connectivity index (χ1) is 11.4. The smallest absolute Gasteiger partial charge is 0.280 e. The lowest BCUT2D eigenvalue weighted by atomic mass is 10.3. The summed E-state index contributed by atoms with van der Waals surface area (Å²) in [6.07, 6.45) is 1.27. The maximum absolute atomic E-state index is 13.1. The predicted molar refractivity (Wildman–Crippen MR) is 86.4 cm³/mol. The number of halogens is 2. The Morgan fingerprint density at radius 1 is 1.21 bits per heavy atom. The van der Waals surface area contributed by atoms with E-state index in [9.17, 15) is 17.6 Å². The molecule has 24 heavy (non-hydrogen) atoms. The van der Waals surface area contributed by atoms with Crippen LogP contribution in [0.15, 0.2) is 58.5 Å². The van der Waals surface area contributed by atoms with Crippen molar-refractivity contribution in [2.45, 2.75) is 4.90 Å². The first-order valence-corrected chi connectivity index (χ1v) is 8.43. The summed E-state index contributed by atoms with van der Waals surface area (Å²) in [5.41, 5.74) is 0.164. The van der Waals surface area contributed by atoms with Crippen molar-refractivity contribution in [2.24, 2.45) is 0 Å². The predicted octanol–water partition coefficient (Wildman–Crippen LogP) is 2.15. The first kappa shape index (κ1) is 16.2. The van der Waals surface area contributed by atoms with E-state index in [-0.39, 0.29) is 15.6 Å². The van der Waals surface area contributed by atoms with E-state index in [4.69, 9.17) is 11.6 Å². The highest BCUT2D eigenvalue weighted by atomic mass is 35.5. The van der Waals surface area contributed by atoms with Gasteiger partial charge in [-0.05, 0) is 36.4 Å². The zero-order chi connectivity index (χ0) is 17.3. The van der Waals surface area contributed by atoms with E-state index in [1.807, 2.05) is 0 Å². The molecule has 2 N–H and O–H groups in total. The molecule has 3 aromatic rings. The molecule has 0 aliphatic heterocycles. The number of rotatable bonds is 4. The monoisotopic (exact) mass is 368 g/mol. The number of aromatic nitrogens is 3. The molecule has 1 aromatic heterocycles. The second kappa shape index (κ2) is 6.10. The molecule has 0 saturated heterocycles. The highest BCUT2D eigenvalue weighted by molar-refractivity contribution is 7.92. The molecule has 0 amide bonds. The van der Waals surface area contributed by atoms with E-state index in [1.54, 1.807) is 12.1 Å². The van der Waals surface area contributed by atoms with Gasteiger partial charge >= 0.3 is 5.69 Å². The quantitative estimate of drug-likeness (QED) is 0.737. The lowest BCUT2D eigenvalue weighted by Crippen LogP contribution is -2.16. The van der Waals surface area contributed by atoms with E-state index in [0.717, 1.165) is 18.2 Å². The molecule has 0 saturated carbocycles. The lowest BCUT2D eigenvalue weighted by molar-refractivity contribution is 0.600. The number of nitrogens with one attached hydrogen (secondary N) is 2. The molecular formula is C14H10ClFN4O3S. The molecule has 2 aromatic carbocycles. The van der Waals surface area contributed by atoms with Crippen LogP contribution in [0.4, 0.5) is 10.1 Å². The summed E-state index contributed by atoms with van der Waals surface area (Å²) in [4.78, 5) is 11.3. The maximum Gasteiger partial charge on any atom is 0.347 e. The van der Waals surface area contributed by atoms with Gasteiger partial charge in [0.1, 0.15) is 17.0 Å². The van der Waals surface area contributed by atoms with Crippen LogP contribution in [0.2, 0.25) is 5.02 Å². The van der Waals surface area contributed by atoms with E-state index < -0.39 is 21.5 Å². The molecule has 7 nitrogen and oxygen atoms in total. The molecule has 3 rings (SSSR count). The largest absolute Gasteiger partial charge is 0.347 e. The average molecular weight is 369 g/mol. The van der Waals surface area contributed by atoms with E-state index in [1.165, 1.54) is 23.0 Å². The number of nitrogens with zero attached hydrogens (tertiary/aromatic N) is 2. The van der Waals surface area contributed by atoms with E-state index in [0.29, 0.717) is 5.69 Å². The van der Waals surface area contributed by atoms with Crippen molar-refractivity contribution < 1.29 is 12.8 Å². The highest BCUT2D eigenvalue weighted by Gasteiger charge is 2.18. The minimum Gasteiger partial charge on any atom is -0.280 e.